The lowest BCUT2D eigenvalue weighted by Gasteiger charge is -2.25. The number of hydrogen-bond acceptors (Lipinski definition) is 5. The molecule has 6 nitrogen and oxygen atoms in total. The first-order valence-electron chi connectivity index (χ1n) is 9.10. The van der Waals surface area contributed by atoms with Gasteiger partial charge in [0.15, 0.2) is 0 Å². The van der Waals surface area contributed by atoms with E-state index in [1.54, 1.807) is 25.1 Å². The molecule has 0 spiro atoms. The van der Waals surface area contributed by atoms with Gasteiger partial charge in [-0.25, -0.2) is 4.79 Å². The van der Waals surface area contributed by atoms with Crippen molar-refractivity contribution < 1.29 is 14.7 Å². The van der Waals surface area contributed by atoms with Crippen molar-refractivity contribution in [2.24, 2.45) is 10.2 Å². The fourth-order valence-electron chi connectivity index (χ4n) is 3.18. The topological polar surface area (TPSA) is 91.1 Å². The van der Waals surface area contributed by atoms with Crippen LogP contribution in [-0.4, -0.2) is 22.9 Å². The molecule has 1 heterocycles. The predicted octanol–water partition coefficient (Wildman–Crippen LogP) is 5.07. The van der Waals surface area contributed by atoms with Crippen LogP contribution in [-0.2, 0) is 17.6 Å². The fourth-order valence-corrected chi connectivity index (χ4v) is 3.18. The third kappa shape index (κ3) is 4.58. The largest absolute Gasteiger partial charge is 0.478 e. The van der Waals surface area contributed by atoms with Crippen molar-refractivity contribution in [1.82, 2.24) is 0 Å². The van der Waals surface area contributed by atoms with Crippen molar-refractivity contribution in [2.75, 3.05) is 5.32 Å². The minimum atomic E-state index is -1.04. The smallest absolute Gasteiger partial charge is 0.337 e. The number of nitrogens with one attached hydrogen (secondary N) is 1. The van der Waals surface area contributed by atoms with Gasteiger partial charge in [0.2, 0.25) is 0 Å². The molecule has 0 aromatic heterocycles. The van der Waals surface area contributed by atoms with Gasteiger partial charge < -0.3 is 15.2 Å². The summed E-state index contributed by atoms with van der Waals surface area (Å²) in [5.41, 5.74) is 4.29. The number of carbonyl (C=O) groups is 2. The second kappa shape index (κ2) is 8.12. The molecule has 0 radical (unpaired) electrons. The normalized spacial score (nSPS) is 16.0. The maximum atomic E-state index is 11.4. The standard InChI is InChI=1S/C21H23N3O3/c1-13-7-9-15-12-20(16(10-8-14(2)25)11-19(15)22-13)24-23-18-6-4-3-5-17(18)21(26)27/h3-6,11-13,22H,7-10H2,1-2H3,(H,26,27). The number of hydrogen-bond donors (Lipinski definition) is 2. The third-order valence-electron chi connectivity index (χ3n) is 4.70. The molecule has 140 valence electrons. The second-order valence-corrected chi connectivity index (χ2v) is 6.95. The number of azo groups is 1. The minimum Gasteiger partial charge on any atom is -0.478 e. The fraction of sp³-hybridized carbons (Fsp3) is 0.333. The Balaban J connectivity index is 1.98. The maximum Gasteiger partial charge on any atom is 0.337 e. The number of rotatable bonds is 6. The van der Waals surface area contributed by atoms with Crippen LogP contribution in [0.1, 0.15) is 48.2 Å². The molecule has 27 heavy (non-hydrogen) atoms. The van der Waals surface area contributed by atoms with Crippen LogP contribution < -0.4 is 5.32 Å². The van der Waals surface area contributed by atoms with Gasteiger partial charge in [-0.2, -0.15) is 5.11 Å². The van der Waals surface area contributed by atoms with E-state index in [0.717, 1.165) is 24.1 Å². The lowest BCUT2D eigenvalue weighted by atomic mass is 9.94. The first-order valence-corrected chi connectivity index (χ1v) is 9.10. The van der Waals surface area contributed by atoms with E-state index in [2.05, 4.69) is 22.5 Å². The molecule has 1 unspecified atom stereocenters. The van der Waals surface area contributed by atoms with Crippen molar-refractivity contribution in [3.63, 3.8) is 0 Å². The number of benzene rings is 2. The third-order valence-corrected chi connectivity index (χ3v) is 4.70. The van der Waals surface area contributed by atoms with Gasteiger partial charge in [-0.05, 0) is 68.5 Å². The van der Waals surface area contributed by atoms with Gasteiger partial charge in [0.05, 0.1) is 11.3 Å². The Labute approximate surface area is 158 Å². The number of carboxylic acids is 1. The Morgan fingerprint density at radius 1 is 1.19 bits per heavy atom. The minimum absolute atomic E-state index is 0.111. The summed E-state index contributed by atoms with van der Waals surface area (Å²) in [6.07, 6.45) is 3.00. The van der Waals surface area contributed by atoms with Crippen molar-refractivity contribution in [1.29, 1.82) is 0 Å². The van der Waals surface area contributed by atoms with Crippen LogP contribution >= 0.6 is 0 Å². The van der Waals surface area contributed by atoms with Crippen molar-refractivity contribution in [3.8, 4) is 0 Å². The summed E-state index contributed by atoms with van der Waals surface area (Å²) in [6, 6.07) is 11.0. The molecule has 1 atom stereocenters. The molecule has 2 N–H and O–H groups in total. The summed E-state index contributed by atoms with van der Waals surface area (Å²) in [7, 11) is 0. The molecule has 2 aromatic rings. The highest BCUT2D eigenvalue weighted by atomic mass is 16.4. The summed E-state index contributed by atoms with van der Waals surface area (Å²) in [5, 5.41) is 21.3. The van der Waals surface area contributed by atoms with Gasteiger partial charge in [0.25, 0.3) is 0 Å². The van der Waals surface area contributed by atoms with Crippen LogP contribution in [0.3, 0.4) is 0 Å². The summed E-state index contributed by atoms with van der Waals surface area (Å²) >= 11 is 0. The summed E-state index contributed by atoms with van der Waals surface area (Å²) in [6.45, 7) is 3.72. The van der Waals surface area contributed by atoms with Crippen LogP contribution in [0.15, 0.2) is 46.6 Å². The monoisotopic (exact) mass is 365 g/mol. The first-order chi connectivity index (χ1) is 12.9. The Kier molecular flexibility index (Phi) is 5.64. The number of anilines is 1. The SMILES string of the molecule is CC(=O)CCc1cc2c(cc1N=Nc1ccccc1C(=O)O)CCC(C)N2. The highest BCUT2D eigenvalue weighted by Crippen LogP contribution is 2.34. The number of carbonyl (C=O) groups excluding carboxylic acids is 1. The Morgan fingerprint density at radius 3 is 2.67 bits per heavy atom. The average molecular weight is 365 g/mol. The summed E-state index contributed by atoms with van der Waals surface area (Å²) < 4.78 is 0. The molecule has 0 bridgehead atoms. The lowest BCUT2D eigenvalue weighted by Crippen LogP contribution is -2.22. The van der Waals surface area contributed by atoms with E-state index in [1.807, 2.05) is 12.1 Å². The van der Waals surface area contributed by atoms with E-state index >= 15 is 0 Å². The molecule has 1 aliphatic heterocycles. The quantitative estimate of drug-likeness (QED) is 0.699. The predicted molar refractivity (Wildman–Crippen MR) is 104 cm³/mol. The van der Waals surface area contributed by atoms with Crippen LogP contribution in [0.25, 0.3) is 0 Å². The molecule has 1 aliphatic rings. The second-order valence-electron chi connectivity index (χ2n) is 6.95. The van der Waals surface area contributed by atoms with Gasteiger partial charge >= 0.3 is 5.97 Å². The van der Waals surface area contributed by atoms with E-state index < -0.39 is 5.97 Å². The molecule has 0 amide bonds. The Hall–Kier alpha value is -3.02. The van der Waals surface area contributed by atoms with E-state index in [-0.39, 0.29) is 11.3 Å². The molecule has 0 aliphatic carbocycles. The van der Waals surface area contributed by atoms with Crippen LogP contribution in [0.2, 0.25) is 0 Å². The molecular weight excluding hydrogens is 342 g/mol. The maximum absolute atomic E-state index is 11.4. The zero-order chi connectivity index (χ0) is 19.4. The first kappa shape index (κ1) is 18.8. The van der Waals surface area contributed by atoms with E-state index in [1.165, 1.54) is 11.6 Å². The van der Waals surface area contributed by atoms with Crippen molar-refractivity contribution in [2.45, 2.75) is 45.6 Å². The summed E-state index contributed by atoms with van der Waals surface area (Å²) in [5.74, 6) is -0.918. The number of aromatic carboxylic acids is 1. The summed E-state index contributed by atoms with van der Waals surface area (Å²) in [4.78, 5) is 22.8. The Morgan fingerprint density at radius 2 is 1.93 bits per heavy atom. The van der Waals surface area contributed by atoms with Crippen molar-refractivity contribution >= 4 is 28.8 Å². The number of ketones is 1. The number of Topliss-reactive ketones (excluding diaryl/α,β-unsaturated/α-hetero) is 1. The van der Waals surface area contributed by atoms with Gasteiger partial charge in [-0.15, -0.1) is 5.11 Å². The molecule has 3 rings (SSSR count). The Bertz CT molecular complexity index is 906. The van der Waals surface area contributed by atoms with Gasteiger partial charge in [0, 0.05) is 18.2 Å². The number of fused-ring (bicyclic) bond motifs is 1. The molecule has 6 heteroatoms. The number of aryl methyl sites for hydroxylation is 2. The average Bonchev–Trinajstić information content (AvgIpc) is 2.64. The molecule has 0 fully saturated rings. The van der Waals surface area contributed by atoms with Gasteiger partial charge in [0.1, 0.15) is 11.5 Å². The van der Waals surface area contributed by atoms with Gasteiger partial charge in [-0.3, -0.25) is 0 Å². The molecular formula is C21H23N3O3. The highest BCUT2D eigenvalue weighted by Gasteiger charge is 2.17. The number of carboxylic acid groups (broad SMARTS) is 1. The zero-order valence-corrected chi connectivity index (χ0v) is 15.5. The van der Waals surface area contributed by atoms with E-state index in [4.69, 9.17) is 0 Å². The zero-order valence-electron chi connectivity index (χ0n) is 15.5. The molecule has 0 saturated carbocycles. The molecule has 0 saturated heterocycles. The lowest BCUT2D eigenvalue weighted by molar-refractivity contribution is -0.116. The van der Waals surface area contributed by atoms with Crippen LogP contribution in [0.5, 0.6) is 0 Å². The van der Waals surface area contributed by atoms with Crippen LogP contribution in [0.4, 0.5) is 17.1 Å². The highest BCUT2D eigenvalue weighted by molar-refractivity contribution is 5.93. The van der Waals surface area contributed by atoms with Crippen molar-refractivity contribution in [3.05, 3.63) is 53.1 Å². The number of nitrogens with zero attached hydrogens (tertiary/aromatic N) is 2. The van der Waals surface area contributed by atoms with Crippen LogP contribution in [0, 0.1) is 0 Å². The van der Waals surface area contributed by atoms with E-state index in [0.29, 0.717) is 30.3 Å². The molecule has 2 aromatic carbocycles. The van der Waals surface area contributed by atoms with Gasteiger partial charge in [-0.1, -0.05) is 12.1 Å². The van der Waals surface area contributed by atoms with E-state index in [9.17, 15) is 14.7 Å².